The molecule has 0 bridgehead atoms. The maximum absolute atomic E-state index is 13.0. The first-order chi connectivity index (χ1) is 6.34. The molecule has 0 saturated heterocycles. The molecule has 0 aliphatic carbocycles. The van der Waals surface area contributed by atoms with E-state index in [1.54, 1.807) is 12.1 Å². The molecule has 3 heteroatoms. The largest absolute Gasteiger partial charge is 0.329 e. The molecule has 13 heavy (non-hydrogen) atoms. The van der Waals surface area contributed by atoms with Crippen LogP contribution in [0.3, 0.4) is 0 Å². The minimum absolute atomic E-state index is 0.128. The topological polar surface area (TPSA) is 38.0 Å². The van der Waals surface area contributed by atoms with Crippen LogP contribution in [0.5, 0.6) is 0 Å². The molecule has 0 saturated carbocycles. The average molecular weight is 182 g/mol. The lowest BCUT2D eigenvalue weighted by Gasteiger charge is -2.03. The second-order valence-electron chi connectivity index (χ2n) is 2.88. The van der Waals surface area contributed by atoms with Crippen LogP contribution in [0.1, 0.15) is 5.56 Å². The van der Waals surface area contributed by atoms with E-state index in [9.17, 15) is 4.39 Å². The van der Waals surface area contributed by atoms with Crippen LogP contribution in [0.4, 0.5) is 4.39 Å². The highest BCUT2D eigenvalue weighted by Gasteiger charge is 1.98. The summed E-state index contributed by atoms with van der Waals surface area (Å²) < 4.78 is 13.0. The molecule has 0 amide bonds. The molecule has 0 spiro atoms. The van der Waals surface area contributed by atoms with E-state index in [1.807, 2.05) is 6.07 Å². The van der Waals surface area contributed by atoms with Crippen molar-refractivity contribution in [1.82, 2.24) is 5.32 Å². The van der Waals surface area contributed by atoms with E-state index in [0.29, 0.717) is 13.0 Å². The Hall–Kier alpha value is -0.930. The van der Waals surface area contributed by atoms with Crippen molar-refractivity contribution in [2.24, 2.45) is 5.73 Å². The first-order valence-corrected chi connectivity index (χ1v) is 4.49. The van der Waals surface area contributed by atoms with Gasteiger partial charge in [-0.3, -0.25) is 0 Å². The summed E-state index contributed by atoms with van der Waals surface area (Å²) in [7, 11) is 0. The molecule has 0 fully saturated rings. The lowest BCUT2D eigenvalue weighted by Crippen LogP contribution is -2.24. The maximum Gasteiger partial charge on any atom is 0.126 e. The molecule has 0 atom stereocenters. The van der Waals surface area contributed by atoms with E-state index >= 15 is 0 Å². The molecule has 72 valence electrons. The summed E-state index contributed by atoms with van der Waals surface area (Å²) >= 11 is 0. The molecular weight excluding hydrogens is 167 g/mol. The minimum atomic E-state index is -0.128. The van der Waals surface area contributed by atoms with Gasteiger partial charge in [0.2, 0.25) is 0 Å². The zero-order valence-corrected chi connectivity index (χ0v) is 7.59. The third kappa shape index (κ3) is 3.53. The van der Waals surface area contributed by atoms with Crippen molar-refractivity contribution in [3.8, 4) is 0 Å². The molecule has 0 heterocycles. The molecule has 3 N–H and O–H groups in total. The van der Waals surface area contributed by atoms with Crippen molar-refractivity contribution in [2.45, 2.75) is 6.42 Å². The monoisotopic (exact) mass is 182 g/mol. The Kier molecular flexibility index (Phi) is 4.43. The van der Waals surface area contributed by atoms with Crippen molar-refractivity contribution in [2.75, 3.05) is 19.6 Å². The molecule has 0 unspecified atom stereocenters. The van der Waals surface area contributed by atoms with Gasteiger partial charge < -0.3 is 11.1 Å². The van der Waals surface area contributed by atoms with Gasteiger partial charge in [-0.2, -0.15) is 0 Å². The third-order valence-corrected chi connectivity index (χ3v) is 1.85. The molecule has 0 aromatic heterocycles. The highest BCUT2D eigenvalue weighted by atomic mass is 19.1. The molecule has 2 nitrogen and oxygen atoms in total. The number of halogens is 1. The predicted molar refractivity (Wildman–Crippen MR) is 52.0 cm³/mol. The molecule has 1 aromatic rings. The SMILES string of the molecule is NCCNCCc1ccccc1F. The fourth-order valence-corrected chi connectivity index (χ4v) is 1.15. The standard InChI is InChI=1S/C10H15FN2/c11-10-4-2-1-3-9(10)5-7-13-8-6-12/h1-4,13H,5-8,12H2. The van der Waals surface area contributed by atoms with Gasteiger partial charge in [-0.05, 0) is 24.6 Å². The van der Waals surface area contributed by atoms with Gasteiger partial charge in [0.05, 0.1) is 0 Å². The van der Waals surface area contributed by atoms with E-state index in [-0.39, 0.29) is 5.82 Å². The van der Waals surface area contributed by atoms with Crippen molar-refractivity contribution in [1.29, 1.82) is 0 Å². The van der Waals surface area contributed by atoms with Gasteiger partial charge >= 0.3 is 0 Å². The fraction of sp³-hybridized carbons (Fsp3) is 0.400. The van der Waals surface area contributed by atoms with Crippen LogP contribution in [0, 0.1) is 5.82 Å². The number of nitrogens with one attached hydrogen (secondary N) is 1. The average Bonchev–Trinajstić information content (AvgIpc) is 2.15. The Balaban J connectivity index is 2.32. The van der Waals surface area contributed by atoms with Crippen LogP contribution in [0.2, 0.25) is 0 Å². The summed E-state index contributed by atoms with van der Waals surface area (Å²) in [5.41, 5.74) is 6.06. The van der Waals surface area contributed by atoms with E-state index in [1.165, 1.54) is 6.07 Å². The lowest BCUT2D eigenvalue weighted by atomic mass is 10.1. The highest BCUT2D eigenvalue weighted by molar-refractivity contribution is 5.17. The van der Waals surface area contributed by atoms with Crippen LogP contribution < -0.4 is 11.1 Å². The summed E-state index contributed by atoms with van der Waals surface area (Å²) in [6.07, 6.45) is 0.715. The molecule has 1 aromatic carbocycles. The number of rotatable bonds is 5. The van der Waals surface area contributed by atoms with Crippen molar-refractivity contribution >= 4 is 0 Å². The Bertz CT molecular complexity index is 250. The van der Waals surface area contributed by atoms with E-state index < -0.39 is 0 Å². The fourth-order valence-electron chi connectivity index (χ4n) is 1.15. The van der Waals surface area contributed by atoms with Gasteiger partial charge in [-0.25, -0.2) is 4.39 Å². The maximum atomic E-state index is 13.0. The zero-order chi connectivity index (χ0) is 9.52. The van der Waals surface area contributed by atoms with Crippen molar-refractivity contribution < 1.29 is 4.39 Å². The van der Waals surface area contributed by atoms with E-state index in [0.717, 1.165) is 18.7 Å². The Morgan fingerprint density at radius 3 is 2.69 bits per heavy atom. The zero-order valence-electron chi connectivity index (χ0n) is 7.59. The molecular formula is C10H15FN2. The van der Waals surface area contributed by atoms with Crippen LogP contribution in [-0.4, -0.2) is 19.6 Å². The second kappa shape index (κ2) is 5.67. The molecule has 0 aliphatic rings. The molecule has 0 radical (unpaired) electrons. The number of hydrogen-bond donors (Lipinski definition) is 2. The smallest absolute Gasteiger partial charge is 0.126 e. The second-order valence-corrected chi connectivity index (χ2v) is 2.88. The third-order valence-electron chi connectivity index (χ3n) is 1.85. The molecule has 1 rings (SSSR count). The van der Waals surface area contributed by atoms with Crippen LogP contribution in [-0.2, 0) is 6.42 Å². The van der Waals surface area contributed by atoms with Crippen LogP contribution in [0.15, 0.2) is 24.3 Å². The van der Waals surface area contributed by atoms with Crippen molar-refractivity contribution in [3.63, 3.8) is 0 Å². The summed E-state index contributed by atoms with van der Waals surface area (Å²) in [6.45, 7) is 2.18. The summed E-state index contributed by atoms with van der Waals surface area (Å²) in [5, 5.41) is 3.12. The summed E-state index contributed by atoms with van der Waals surface area (Å²) in [4.78, 5) is 0. The summed E-state index contributed by atoms with van der Waals surface area (Å²) in [5.74, 6) is -0.128. The van der Waals surface area contributed by atoms with Crippen LogP contribution >= 0.6 is 0 Å². The minimum Gasteiger partial charge on any atom is -0.329 e. The number of benzene rings is 1. The van der Waals surface area contributed by atoms with Crippen molar-refractivity contribution in [3.05, 3.63) is 35.6 Å². The van der Waals surface area contributed by atoms with Gasteiger partial charge in [-0.15, -0.1) is 0 Å². The van der Waals surface area contributed by atoms with E-state index in [2.05, 4.69) is 5.32 Å². The Labute approximate surface area is 77.9 Å². The summed E-state index contributed by atoms with van der Waals surface area (Å²) in [6, 6.07) is 6.84. The van der Waals surface area contributed by atoms with Crippen LogP contribution in [0.25, 0.3) is 0 Å². The van der Waals surface area contributed by atoms with Gasteiger partial charge in [0, 0.05) is 13.1 Å². The Morgan fingerprint density at radius 1 is 1.23 bits per heavy atom. The normalized spacial score (nSPS) is 10.3. The number of nitrogens with two attached hydrogens (primary N) is 1. The number of hydrogen-bond acceptors (Lipinski definition) is 2. The first kappa shape index (κ1) is 10.2. The molecule has 0 aliphatic heterocycles. The predicted octanol–water partition coefficient (Wildman–Crippen LogP) is 0.916. The quantitative estimate of drug-likeness (QED) is 0.664. The van der Waals surface area contributed by atoms with Gasteiger partial charge in [-0.1, -0.05) is 18.2 Å². The van der Waals surface area contributed by atoms with Gasteiger partial charge in [0.1, 0.15) is 5.82 Å². The van der Waals surface area contributed by atoms with Gasteiger partial charge in [0.15, 0.2) is 0 Å². The van der Waals surface area contributed by atoms with E-state index in [4.69, 9.17) is 5.73 Å². The van der Waals surface area contributed by atoms with Gasteiger partial charge in [0.25, 0.3) is 0 Å². The highest BCUT2D eigenvalue weighted by Crippen LogP contribution is 2.05. The Morgan fingerprint density at radius 2 is 2.00 bits per heavy atom. The lowest BCUT2D eigenvalue weighted by molar-refractivity contribution is 0.599. The first-order valence-electron chi connectivity index (χ1n) is 4.49.